The van der Waals surface area contributed by atoms with E-state index in [1.807, 2.05) is 0 Å². The molecule has 0 aromatic heterocycles. The van der Waals surface area contributed by atoms with Gasteiger partial charge in [-0.25, -0.2) is 0 Å². The summed E-state index contributed by atoms with van der Waals surface area (Å²) in [6.45, 7) is 64.8. The van der Waals surface area contributed by atoms with Gasteiger partial charge in [-0.1, -0.05) is 205 Å². The van der Waals surface area contributed by atoms with E-state index < -0.39 is 8.60 Å². The fraction of sp³-hybridized carbons (Fsp3) is 0.714. The lowest BCUT2D eigenvalue weighted by Gasteiger charge is -2.37. The van der Waals surface area contributed by atoms with Crippen LogP contribution in [0.2, 0.25) is 0 Å². The van der Waals surface area contributed by atoms with E-state index in [9.17, 15) is 0 Å². The first-order valence-corrected chi connectivity index (χ1v) is 27.2. The highest BCUT2D eigenvalue weighted by atomic mass is 31.2. The van der Waals surface area contributed by atoms with Crippen LogP contribution in [-0.2, 0) is 48.7 Å². The van der Waals surface area contributed by atoms with E-state index in [1.165, 1.54) is 50.1 Å². The molecule has 0 N–H and O–H groups in total. The van der Waals surface area contributed by atoms with E-state index >= 15 is 0 Å². The summed E-state index contributed by atoms with van der Waals surface area (Å²) in [6.07, 6.45) is 6.25. The molecule has 3 aliphatic rings. The van der Waals surface area contributed by atoms with Gasteiger partial charge in [0.15, 0.2) is 0 Å². The Morgan fingerprint density at radius 2 is 0.507 bits per heavy atom. The molecule has 0 saturated carbocycles. The SMILES string of the molecule is CC(C)(C)CC(C)(C)c1cc2c(cc1OP(Oc1cc3c(cc1C(C)(C)CC(C)(C)C)C(C)(C)CC3(C)C)Oc1cc3c(cc1C(C)(C)CC(C)(C)C)C(C)(C)CC3(C)C)C(C)(C)CC2(C)C. The maximum Gasteiger partial charge on any atom is 0.530 e. The Labute approximate surface area is 414 Å². The normalized spacial score (nSPS) is 20.4. The summed E-state index contributed by atoms with van der Waals surface area (Å²) in [7, 11) is -2.06. The summed E-state index contributed by atoms with van der Waals surface area (Å²) in [4.78, 5) is 0. The summed E-state index contributed by atoms with van der Waals surface area (Å²) in [5, 5.41) is 0. The molecule has 0 amide bonds. The zero-order valence-electron chi connectivity index (χ0n) is 48.4. The minimum atomic E-state index is -2.06. The van der Waals surface area contributed by atoms with Crippen LogP contribution in [0.15, 0.2) is 36.4 Å². The number of rotatable bonds is 12. The average Bonchev–Trinajstić information content (AvgIpc) is 3.46. The molecule has 0 atom stereocenters. The van der Waals surface area contributed by atoms with E-state index in [0.29, 0.717) is 0 Å². The Balaban J connectivity index is 1.68. The Morgan fingerprint density at radius 3 is 0.687 bits per heavy atom. The summed E-state index contributed by atoms with van der Waals surface area (Å²) < 4.78 is 23.2. The van der Waals surface area contributed by atoms with Crippen LogP contribution in [0.3, 0.4) is 0 Å². The minimum Gasteiger partial charge on any atom is -0.408 e. The number of fused-ring (bicyclic) bond motifs is 3. The van der Waals surface area contributed by atoms with E-state index in [2.05, 4.69) is 223 Å². The van der Waals surface area contributed by atoms with Crippen LogP contribution in [0.4, 0.5) is 0 Å². The maximum absolute atomic E-state index is 7.72. The predicted molar refractivity (Wildman–Crippen MR) is 291 cm³/mol. The van der Waals surface area contributed by atoms with Crippen molar-refractivity contribution in [3.63, 3.8) is 0 Å². The first-order chi connectivity index (χ1) is 29.7. The number of benzene rings is 3. The lowest BCUT2D eigenvalue weighted by atomic mass is 9.71. The van der Waals surface area contributed by atoms with Crippen LogP contribution >= 0.6 is 8.60 Å². The summed E-state index contributed by atoms with van der Waals surface area (Å²) in [5.74, 6) is 2.67. The number of hydrogen-bond donors (Lipinski definition) is 0. The molecule has 0 unspecified atom stereocenters. The van der Waals surface area contributed by atoms with Crippen LogP contribution in [0, 0.1) is 16.2 Å². The summed E-state index contributed by atoms with van der Waals surface area (Å²) in [6, 6.07) is 14.8. The molecule has 0 aliphatic heterocycles. The highest BCUT2D eigenvalue weighted by Crippen LogP contribution is 2.60. The largest absolute Gasteiger partial charge is 0.530 e. The molecule has 0 radical (unpaired) electrons. The van der Waals surface area contributed by atoms with Crippen molar-refractivity contribution in [1.29, 1.82) is 0 Å². The standard InChI is InChI=1S/C63H99O3P/c1-52(2,3)34-55(10,11)46-28-40-43(61(22,23)37-58(40,16)17)31-49(46)64-67(65-50-32-44-41(59(18,19)38-62(44,24)25)29-47(50)56(12,13)35-53(4,5)6)66-51-33-45-42(60(20,21)39-63(45,26)27)30-48(51)57(14,15)36-54(7,8)9/h28-33H,34-39H2,1-27H3. The van der Waals surface area contributed by atoms with Crippen molar-refractivity contribution in [1.82, 2.24) is 0 Å². The van der Waals surface area contributed by atoms with Gasteiger partial charge in [0, 0.05) is 16.7 Å². The highest BCUT2D eigenvalue weighted by Gasteiger charge is 2.48. The zero-order chi connectivity index (χ0) is 51.1. The van der Waals surface area contributed by atoms with E-state index in [-0.39, 0.29) is 65.0 Å². The molecule has 4 heteroatoms. The van der Waals surface area contributed by atoms with E-state index in [4.69, 9.17) is 13.6 Å². The Morgan fingerprint density at radius 1 is 0.328 bits per heavy atom. The second-order valence-corrected chi connectivity index (χ2v) is 32.9. The van der Waals surface area contributed by atoms with Crippen molar-refractivity contribution in [2.45, 2.75) is 274 Å². The Hall–Kier alpha value is -2.51. The molecule has 3 nitrogen and oxygen atoms in total. The van der Waals surface area contributed by atoms with Gasteiger partial charge in [0.25, 0.3) is 0 Å². The molecular formula is C63H99O3P. The molecule has 3 aromatic carbocycles. The average molecular weight is 935 g/mol. The van der Waals surface area contributed by atoms with Crippen molar-refractivity contribution in [3.8, 4) is 17.2 Å². The molecule has 67 heavy (non-hydrogen) atoms. The molecule has 0 bridgehead atoms. The first-order valence-electron chi connectivity index (χ1n) is 26.1. The molecular weight excluding hydrogens is 836 g/mol. The Kier molecular flexibility index (Phi) is 13.1. The Bertz CT molecular complexity index is 2110. The highest BCUT2D eigenvalue weighted by molar-refractivity contribution is 7.43. The lowest BCUT2D eigenvalue weighted by Crippen LogP contribution is -2.27. The zero-order valence-corrected chi connectivity index (χ0v) is 49.3. The number of hydrogen-bond acceptors (Lipinski definition) is 3. The molecule has 3 aromatic rings. The lowest BCUT2D eigenvalue weighted by molar-refractivity contribution is 0.275. The monoisotopic (exact) mass is 935 g/mol. The smallest absolute Gasteiger partial charge is 0.408 e. The van der Waals surface area contributed by atoms with Gasteiger partial charge in [-0.15, -0.1) is 0 Å². The van der Waals surface area contributed by atoms with Crippen molar-refractivity contribution >= 4 is 8.60 Å². The van der Waals surface area contributed by atoms with Gasteiger partial charge in [-0.05, 0) is 155 Å². The van der Waals surface area contributed by atoms with Gasteiger partial charge in [-0.3, -0.25) is 0 Å². The van der Waals surface area contributed by atoms with Crippen LogP contribution in [0.5, 0.6) is 17.2 Å². The molecule has 0 heterocycles. The third-order valence-electron chi connectivity index (χ3n) is 16.0. The molecule has 0 fully saturated rings. The van der Waals surface area contributed by atoms with Gasteiger partial charge in [0.2, 0.25) is 0 Å². The van der Waals surface area contributed by atoms with Crippen LogP contribution in [-0.4, -0.2) is 0 Å². The molecule has 0 spiro atoms. The van der Waals surface area contributed by atoms with E-state index in [0.717, 1.165) is 55.8 Å². The first kappa shape index (κ1) is 53.8. The fourth-order valence-corrected chi connectivity index (χ4v) is 16.4. The van der Waals surface area contributed by atoms with Gasteiger partial charge in [-0.2, -0.15) is 0 Å². The second kappa shape index (κ2) is 16.3. The third kappa shape index (κ3) is 11.0. The van der Waals surface area contributed by atoms with Crippen molar-refractivity contribution in [3.05, 3.63) is 86.5 Å². The predicted octanol–water partition coefficient (Wildman–Crippen LogP) is 19.5. The van der Waals surface area contributed by atoms with Gasteiger partial charge >= 0.3 is 8.60 Å². The van der Waals surface area contributed by atoms with E-state index in [1.54, 1.807) is 0 Å². The van der Waals surface area contributed by atoms with Crippen LogP contribution in [0.25, 0.3) is 0 Å². The topological polar surface area (TPSA) is 27.7 Å². The second-order valence-electron chi connectivity index (χ2n) is 31.9. The van der Waals surface area contributed by atoms with Crippen molar-refractivity contribution in [2.75, 3.05) is 0 Å². The van der Waals surface area contributed by atoms with Gasteiger partial charge in [0.05, 0.1) is 0 Å². The van der Waals surface area contributed by atoms with Gasteiger partial charge in [0.1, 0.15) is 17.2 Å². The fourth-order valence-electron chi connectivity index (χ4n) is 15.4. The van der Waals surface area contributed by atoms with Crippen molar-refractivity contribution in [2.24, 2.45) is 16.2 Å². The van der Waals surface area contributed by atoms with Crippen LogP contribution in [0.1, 0.15) is 276 Å². The van der Waals surface area contributed by atoms with Gasteiger partial charge < -0.3 is 13.6 Å². The molecule has 6 rings (SSSR count). The maximum atomic E-state index is 7.72. The van der Waals surface area contributed by atoms with Crippen LogP contribution < -0.4 is 13.6 Å². The molecule has 3 aliphatic carbocycles. The molecule has 374 valence electrons. The molecule has 0 saturated heterocycles. The summed E-state index contributed by atoms with van der Waals surface area (Å²) >= 11 is 0. The third-order valence-corrected chi connectivity index (χ3v) is 17.0. The summed E-state index contributed by atoms with van der Waals surface area (Å²) in [5.41, 5.74) is 12.0. The quantitative estimate of drug-likeness (QED) is 0.169. The van der Waals surface area contributed by atoms with Crippen molar-refractivity contribution < 1.29 is 13.6 Å². The minimum absolute atomic E-state index is 0.0147.